The number of ketones is 2. The third-order valence-electron chi connectivity index (χ3n) is 3.95. The quantitative estimate of drug-likeness (QED) is 0.864. The maximum Gasteiger partial charge on any atom is 0.194 e. The molecule has 1 aliphatic rings. The number of hydrogen-bond donors (Lipinski definition) is 0. The molecule has 5 heteroatoms. The number of carbonyl (C=O) groups excluding carboxylic acids is 2. The van der Waals surface area contributed by atoms with Gasteiger partial charge in [0.25, 0.3) is 0 Å². The minimum atomic E-state index is -0.226. The van der Waals surface area contributed by atoms with Crippen molar-refractivity contribution in [2.45, 2.75) is 0 Å². The van der Waals surface area contributed by atoms with Crippen molar-refractivity contribution >= 4 is 17.1 Å². The summed E-state index contributed by atoms with van der Waals surface area (Å²) in [6, 6.07) is 10.0. The maximum atomic E-state index is 12.8. The molecule has 24 heavy (non-hydrogen) atoms. The first-order valence-corrected chi connectivity index (χ1v) is 7.30. The van der Waals surface area contributed by atoms with E-state index in [4.69, 9.17) is 14.2 Å². The smallest absolute Gasteiger partial charge is 0.194 e. The van der Waals surface area contributed by atoms with Gasteiger partial charge in [0, 0.05) is 28.3 Å². The Morgan fingerprint density at radius 3 is 1.92 bits per heavy atom. The number of fused-ring (bicyclic) bond motifs is 1. The van der Waals surface area contributed by atoms with Gasteiger partial charge in [-0.15, -0.1) is 0 Å². The van der Waals surface area contributed by atoms with Crippen LogP contribution in [0, 0.1) is 0 Å². The van der Waals surface area contributed by atoms with E-state index in [1.165, 1.54) is 27.4 Å². The van der Waals surface area contributed by atoms with Crippen LogP contribution in [-0.2, 0) is 0 Å². The number of methoxy groups -OCH3 is 3. The Bertz CT molecular complexity index is 864. The van der Waals surface area contributed by atoms with Crippen LogP contribution in [0.4, 0.5) is 0 Å². The average molecular weight is 324 g/mol. The second-order valence-corrected chi connectivity index (χ2v) is 5.20. The summed E-state index contributed by atoms with van der Waals surface area (Å²) in [4.78, 5) is 25.2. The van der Waals surface area contributed by atoms with Gasteiger partial charge in [-0.1, -0.05) is 24.3 Å². The van der Waals surface area contributed by atoms with E-state index in [1.54, 1.807) is 36.4 Å². The molecule has 0 N–H and O–H groups in total. The van der Waals surface area contributed by atoms with E-state index in [1.807, 2.05) is 0 Å². The van der Waals surface area contributed by atoms with Gasteiger partial charge in [-0.3, -0.25) is 9.59 Å². The van der Waals surface area contributed by atoms with Crippen molar-refractivity contribution < 1.29 is 23.8 Å². The largest absolute Gasteiger partial charge is 0.496 e. The molecule has 5 nitrogen and oxygen atoms in total. The summed E-state index contributed by atoms with van der Waals surface area (Å²) in [6.45, 7) is 0. The lowest BCUT2D eigenvalue weighted by Gasteiger charge is -2.19. The lowest BCUT2D eigenvalue weighted by molar-refractivity contribution is 0.100. The van der Waals surface area contributed by atoms with Crippen molar-refractivity contribution in [3.05, 3.63) is 59.2 Å². The summed E-state index contributed by atoms with van der Waals surface area (Å²) in [5, 5.41) is 0. The minimum absolute atomic E-state index is 0.211. The molecule has 3 rings (SSSR count). The molecule has 0 saturated carbocycles. The Balaban J connectivity index is 2.19. The van der Waals surface area contributed by atoms with Crippen LogP contribution in [0.5, 0.6) is 17.2 Å². The van der Waals surface area contributed by atoms with E-state index in [0.717, 1.165) is 0 Å². The van der Waals surface area contributed by atoms with Gasteiger partial charge in [0.1, 0.15) is 5.75 Å². The summed E-state index contributed by atoms with van der Waals surface area (Å²) in [6.07, 6.45) is 1.34. The van der Waals surface area contributed by atoms with Crippen LogP contribution >= 0.6 is 0 Å². The molecule has 0 bridgehead atoms. The predicted molar refractivity (Wildman–Crippen MR) is 89.2 cm³/mol. The number of allylic oxidation sites excluding steroid dienone is 2. The van der Waals surface area contributed by atoms with Gasteiger partial charge in [0.2, 0.25) is 0 Å². The minimum Gasteiger partial charge on any atom is -0.496 e. The highest BCUT2D eigenvalue weighted by molar-refractivity contribution is 6.39. The summed E-state index contributed by atoms with van der Waals surface area (Å²) >= 11 is 0. The van der Waals surface area contributed by atoms with Gasteiger partial charge in [-0.2, -0.15) is 0 Å². The number of hydrogen-bond acceptors (Lipinski definition) is 5. The summed E-state index contributed by atoms with van der Waals surface area (Å²) in [5.41, 5.74) is 1.56. The first-order chi connectivity index (χ1) is 11.6. The Kier molecular flexibility index (Phi) is 4.08. The van der Waals surface area contributed by atoms with E-state index >= 15 is 0 Å². The van der Waals surface area contributed by atoms with Crippen molar-refractivity contribution in [2.24, 2.45) is 0 Å². The first-order valence-electron chi connectivity index (χ1n) is 7.30. The fraction of sp³-hybridized carbons (Fsp3) is 0.158. The van der Waals surface area contributed by atoms with Gasteiger partial charge in [-0.25, -0.2) is 0 Å². The molecule has 1 aliphatic carbocycles. The molecule has 0 unspecified atom stereocenters. The highest BCUT2D eigenvalue weighted by Gasteiger charge is 2.28. The molecule has 0 spiro atoms. The summed E-state index contributed by atoms with van der Waals surface area (Å²) < 4.78 is 15.9. The molecular weight excluding hydrogens is 308 g/mol. The van der Waals surface area contributed by atoms with Crippen LogP contribution in [0.3, 0.4) is 0 Å². The third kappa shape index (κ3) is 2.44. The van der Waals surface area contributed by atoms with Crippen LogP contribution in [0.15, 0.2) is 42.5 Å². The van der Waals surface area contributed by atoms with Crippen molar-refractivity contribution in [3.63, 3.8) is 0 Å². The lowest BCUT2D eigenvalue weighted by Crippen LogP contribution is -2.16. The second kappa shape index (κ2) is 6.20. The topological polar surface area (TPSA) is 61.8 Å². The molecule has 0 aliphatic heterocycles. The van der Waals surface area contributed by atoms with Crippen molar-refractivity contribution in [1.29, 1.82) is 0 Å². The van der Waals surface area contributed by atoms with Crippen LogP contribution in [0.2, 0.25) is 0 Å². The van der Waals surface area contributed by atoms with Gasteiger partial charge in [-0.05, 0) is 12.1 Å². The van der Waals surface area contributed by atoms with Gasteiger partial charge in [0.05, 0.1) is 21.3 Å². The molecule has 2 aromatic rings. The maximum absolute atomic E-state index is 12.8. The zero-order valence-electron chi connectivity index (χ0n) is 13.6. The van der Waals surface area contributed by atoms with Gasteiger partial charge < -0.3 is 14.2 Å². The number of benzene rings is 2. The van der Waals surface area contributed by atoms with Crippen LogP contribution in [0.1, 0.15) is 26.3 Å². The van der Waals surface area contributed by atoms with Gasteiger partial charge >= 0.3 is 0 Å². The second-order valence-electron chi connectivity index (χ2n) is 5.20. The molecule has 0 heterocycles. The van der Waals surface area contributed by atoms with E-state index in [-0.39, 0.29) is 17.1 Å². The van der Waals surface area contributed by atoms with Crippen LogP contribution in [0.25, 0.3) is 5.57 Å². The number of carbonyl (C=O) groups is 2. The normalized spacial score (nSPS) is 13.2. The molecule has 0 radical (unpaired) electrons. The highest BCUT2D eigenvalue weighted by atomic mass is 16.5. The molecule has 0 atom stereocenters. The lowest BCUT2D eigenvalue weighted by atomic mass is 9.86. The zero-order valence-corrected chi connectivity index (χ0v) is 13.6. The molecular formula is C19H16O5. The number of ether oxygens (including phenoxy) is 3. The summed E-state index contributed by atoms with van der Waals surface area (Å²) in [5.74, 6) is 0.925. The SMILES string of the molecule is COc1cc(OC)c(C2=CC(=O)c3ccccc3C2=O)cc1OC. The fourth-order valence-corrected chi connectivity index (χ4v) is 2.76. The Morgan fingerprint density at radius 2 is 1.29 bits per heavy atom. The first kappa shape index (κ1) is 15.8. The van der Waals surface area contributed by atoms with E-state index < -0.39 is 0 Å². The van der Waals surface area contributed by atoms with Crippen molar-refractivity contribution in [2.75, 3.05) is 21.3 Å². The molecule has 0 amide bonds. The zero-order chi connectivity index (χ0) is 17.3. The monoisotopic (exact) mass is 324 g/mol. The van der Waals surface area contributed by atoms with Crippen molar-refractivity contribution in [3.8, 4) is 17.2 Å². The summed E-state index contributed by atoms with van der Waals surface area (Å²) in [7, 11) is 4.52. The fourth-order valence-electron chi connectivity index (χ4n) is 2.76. The number of rotatable bonds is 4. The Morgan fingerprint density at radius 1 is 0.708 bits per heavy atom. The molecule has 122 valence electrons. The molecule has 0 aromatic heterocycles. The van der Waals surface area contributed by atoms with E-state index in [0.29, 0.717) is 33.9 Å². The van der Waals surface area contributed by atoms with Crippen molar-refractivity contribution in [1.82, 2.24) is 0 Å². The standard InChI is InChI=1S/C19H16O5/c1-22-16-10-18(24-3)17(23-2)9-13(16)14-8-15(20)11-6-4-5-7-12(11)19(14)21/h4-10H,1-3H3. The van der Waals surface area contributed by atoms with E-state index in [9.17, 15) is 9.59 Å². The molecule has 0 saturated heterocycles. The Hall–Kier alpha value is -3.08. The number of Topliss-reactive ketones (excluding diaryl/α,β-unsaturated/α-hetero) is 1. The molecule has 0 fully saturated rings. The van der Waals surface area contributed by atoms with Crippen LogP contribution in [-0.4, -0.2) is 32.9 Å². The van der Waals surface area contributed by atoms with E-state index in [2.05, 4.69) is 0 Å². The van der Waals surface area contributed by atoms with Gasteiger partial charge in [0.15, 0.2) is 23.1 Å². The highest BCUT2D eigenvalue weighted by Crippen LogP contribution is 2.40. The third-order valence-corrected chi connectivity index (χ3v) is 3.95. The molecule has 2 aromatic carbocycles. The Labute approximate surface area is 139 Å². The predicted octanol–water partition coefficient (Wildman–Crippen LogP) is 3.18. The average Bonchev–Trinajstić information content (AvgIpc) is 2.63. The van der Waals surface area contributed by atoms with Crippen LogP contribution < -0.4 is 14.2 Å².